The van der Waals surface area contributed by atoms with Gasteiger partial charge in [-0.3, -0.25) is 4.79 Å². The van der Waals surface area contributed by atoms with Crippen LogP contribution in [0.4, 0.5) is 0 Å². The van der Waals surface area contributed by atoms with Crippen molar-refractivity contribution < 1.29 is 4.79 Å². The van der Waals surface area contributed by atoms with Crippen LogP contribution < -0.4 is 5.73 Å². The van der Waals surface area contributed by atoms with E-state index in [1.165, 1.54) is 0 Å². The molecule has 0 heterocycles. The first-order chi connectivity index (χ1) is 8.81. The van der Waals surface area contributed by atoms with Crippen LogP contribution in [0.5, 0.6) is 0 Å². The summed E-state index contributed by atoms with van der Waals surface area (Å²) >= 11 is 0. The van der Waals surface area contributed by atoms with Gasteiger partial charge >= 0.3 is 0 Å². The van der Waals surface area contributed by atoms with Crippen molar-refractivity contribution in [3.8, 4) is 0 Å². The van der Waals surface area contributed by atoms with Crippen LogP contribution >= 0.6 is 12.4 Å². The van der Waals surface area contributed by atoms with E-state index >= 15 is 0 Å². The second-order valence-electron chi connectivity index (χ2n) is 5.80. The Morgan fingerprint density at radius 1 is 1.20 bits per heavy atom. The van der Waals surface area contributed by atoms with E-state index in [9.17, 15) is 4.79 Å². The second kappa shape index (κ2) is 8.28. The molecule has 0 aliphatic rings. The monoisotopic (exact) mass is 298 g/mol. The Labute approximate surface area is 128 Å². The van der Waals surface area contributed by atoms with E-state index in [1.807, 2.05) is 33.0 Å². The van der Waals surface area contributed by atoms with Gasteiger partial charge < -0.3 is 10.6 Å². The lowest BCUT2D eigenvalue weighted by atomic mass is 10.0. The summed E-state index contributed by atoms with van der Waals surface area (Å²) in [7, 11) is 1.84. The van der Waals surface area contributed by atoms with Crippen LogP contribution in [0.1, 0.15) is 41.8 Å². The summed E-state index contributed by atoms with van der Waals surface area (Å²) in [6, 6.07) is 6.10. The number of rotatable bonds is 5. The van der Waals surface area contributed by atoms with E-state index in [-0.39, 0.29) is 24.4 Å². The highest BCUT2D eigenvalue weighted by Crippen LogP contribution is 2.12. The molecule has 1 aromatic carbocycles. The fourth-order valence-corrected chi connectivity index (χ4v) is 2.10. The van der Waals surface area contributed by atoms with Gasteiger partial charge in [-0.15, -0.1) is 12.4 Å². The maximum Gasteiger partial charge on any atom is 0.253 e. The van der Waals surface area contributed by atoms with Crippen molar-refractivity contribution >= 4 is 18.3 Å². The summed E-state index contributed by atoms with van der Waals surface area (Å²) in [4.78, 5) is 14.1. The first-order valence-corrected chi connectivity index (χ1v) is 6.90. The SMILES string of the molecule is Cc1cc(C)cc(C(=O)N(C)CCC(N)C(C)C)c1.Cl. The van der Waals surface area contributed by atoms with Crippen LogP contribution in [0.3, 0.4) is 0 Å². The highest BCUT2D eigenvalue weighted by atomic mass is 35.5. The number of carbonyl (C=O) groups is 1. The maximum atomic E-state index is 12.3. The van der Waals surface area contributed by atoms with E-state index in [1.54, 1.807) is 4.90 Å². The fourth-order valence-electron chi connectivity index (χ4n) is 2.10. The molecule has 0 saturated carbocycles. The van der Waals surface area contributed by atoms with Crippen LogP contribution in [0.15, 0.2) is 18.2 Å². The Balaban J connectivity index is 0.00000361. The van der Waals surface area contributed by atoms with Crippen molar-refractivity contribution in [3.63, 3.8) is 0 Å². The normalized spacial score (nSPS) is 11.9. The van der Waals surface area contributed by atoms with E-state index < -0.39 is 0 Å². The summed E-state index contributed by atoms with van der Waals surface area (Å²) < 4.78 is 0. The molecule has 1 unspecified atom stereocenters. The van der Waals surface area contributed by atoms with Crippen LogP contribution in [0, 0.1) is 19.8 Å². The van der Waals surface area contributed by atoms with Gasteiger partial charge in [-0.05, 0) is 38.3 Å². The van der Waals surface area contributed by atoms with E-state index in [4.69, 9.17) is 5.73 Å². The second-order valence-corrected chi connectivity index (χ2v) is 5.80. The van der Waals surface area contributed by atoms with Crippen LogP contribution in [-0.2, 0) is 0 Å². The molecule has 0 aliphatic carbocycles. The highest BCUT2D eigenvalue weighted by Gasteiger charge is 2.14. The molecule has 0 saturated heterocycles. The molecule has 20 heavy (non-hydrogen) atoms. The Kier molecular flexibility index (Phi) is 7.84. The molecule has 0 aliphatic heterocycles. The lowest BCUT2D eigenvalue weighted by Gasteiger charge is -2.22. The number of halogens is 1. The third-order valence-electron chi connectivity index (χ3n) is 3.47. The molecule has 1 atom stereocenters. The van der Waals surface area contributed by atoms with Crippen molar-refractivity contribution in [3.05, 3.63) is 34.9 Å². The number of nitrogens with zero attached hydrogens (tertiary/aromatic N) is 1. The average molecular weight is 299 g/mol. The molecule has 0 aromatic heterocycles. The molecular weight excluding hydrogens is 272 g/mol. The summed E-state index contributed by atoms with van der Waals surface area (Å²) in [5, 5.41) is 0. The molecular formula is C16H27ClN2O. The lowest BCUT2D eigenvalue weighted by molar-refractivity contribution is 0.0789. The zero-order valence-corrected chi connectivity index (χ0v) is 14.0. The quantitative estimate of drug-likeness (QED) is 0.907. The van der Waals surface area contributed by atoms with Crippen molar-refractivity contribution in [2.45, 2.75) is 40.2 Å². The Hall–Kier alpha value is -1.06. The van der Waals surface area contributed by atoms with Gasteiger partial charge in [0.25, 0.3) is 5.91 Å². The number of nitrogens with two attached hydrogens (primary N) is 1. The van der Waals surface area contributed by atoms with Crippen LogP contribution in [0.2, 0.25) is 0 Å². The number of benzene rings is 1. The molecule has 0 bridgehead atoms. The van der Waals surface area contributed by atoms with Gasteiger partial charge in [-0.2, -0.15) is 0 Å². The third kappa shape index (κ3) is 5.51. The third-order valence-corrected chi connectivity index (χ3v) is 3.47. The van der Waals surface area contributed by atoms with Gasteiger partial charge in [-0.1, -0.05) is 31.0 Å². The summed E-state index contributed by atoms with van der Waals surface area (Å²) in [5.74, 6) is 0.521. The summed E-state index contributed by atoms with van der Waals surface area (Å²) in [6.45, 7) is 8.94. The van der Waals surface area contributed by atoms with Crippen molar-refractivity contribution in [2.24, 2.45) is 11.7 Å². The number of aryl methyl sites for hydroxylation is 2. The number of carbonyl (C=O) groups excluding carboxylic acids is 1. The first-order valence-electron chi connectivity index (χ1n) is 6.90. The topological polar surface area (TPSA) is 46.3 Å². The predicted octanol–water partition coefficient (Wildman–Crippen LogP) is 3.17. The number of hydrogen-bond acceptors (Lipinski definition) is 2. The minimum absolute atomic E-state index is 0. The van der Waals surface area contributed by atoms with Gasteiger partial charge in [0.15, 0.2) is 0 Å². The fraction of sp³-hybridized carbons (Fsp3) is 0.562. The summed E-state index contributed by atoms with van der Waals surface area (Å²) in [5.41, 5.74) is 9.02. The van der Waals surface area contributed by atoms with Gasteiger partial charge in [0.2, 0.25) is 0 Å². The molecule has 1 rings (SSSR count). The minimum atomic E-state index is 0. The van der Waals surface area contributed by atoms with Crippen molar-refractivity contribution in [1.82, 2.24) is 4.90 Å². The van der Waals surface area contributed by atoms with E-state index in [0.717, 1.165) is 23.1 Å². The standard InChI is InChI=1S/C16H26N2O.ClH/c1-11(2)15(17)6-7-18(5)16(19)14-9-12(3)8-13(4)10-14;/h8-11,15H,6-7,17H2,1-5H3;1H. The molecule has 114 valence electrons. The van der Waals surface area contributed by atoms with Crippen molar-refractivity contribution in [1.29, 1.82) is 0 Å². The van der Waals surface area contributed by atoms with E-state index in [2.05, 4.69) is 19.9 Å². The molecule has 0 spiro atoms. The summed E-state index contributed by atoms with van der Waals surface area (Å²) in [6.07, 6.45) is 0.838. The van der Waals surface area contributed by atoms with Gasteiger partial charge in [0, 0.05) is 25.2 Å². The molecule has 4 heteroatoms. The zero-order chi connectivity index (χ0) is 14.6. The largest absolute Gasteiger partial charge is 0.342 e. The molecule has 0 radical (unpaired) electrons. The lowest BCUT2D eigenvalue weighted by Crippen LogP contribution is -2.34. The molecule has 1 aromatic rings. The molecule has 0 fully saturated rings. The Bertz CT molecular complexity index is 426. The minimum Gasteiger partial charge on any atom is -0.342 e. The Morgan fingerprint density at radius 2 is 1.70 bits per heavy atom. The van der Waals surface area contributed by atoms with Crippen molar-refractivity contribution in [2.75, 3.05) is 13.6 Å². The van der Waals surface area contributed by atoms with Crippen LogP contribution in [0.25, 0.3) is 0 Å². The smallest absolute Gasteiger partial charge is 0.253 e. The molecule has 1 amide bonds. The average Bonchev–Trinajstić information content (AvgIpc) is 2.33. The van der Waals surface area contributed by atoms with Gasteiger partial charge in [0.1, 0.15) is 0 Å². The maximum absolute atomic E-state index is 12.3. The number of amides is 1. The first kappa shape index (κ1) is 18.9. The number of hydrogen-bond donors (Lipinski definition) is 1. The zero-order valence-electron chi connectivity index (χ0n) is 13.1. The molecule has 2 N–H and O–H groups in total. The van der Waals surface area contributed by atoms with Crippen LogP contribution in [-0.4, -0.2) is 30.4 Å². The predicted molar refractivity (Wildman–Crippen MR) is 87.6 cm³/mol. The van der Waals surface area contributed by atoms with E-state index in [0.29, 0.717) is 12.5 Å². The van der Waals surface area contributed by atoms with Gasteiger partial charge in [-0.25, -0.2) is 0 Å². The Morgan fingerprint density at radius 3 is 2.15 bits per heavy atom. The molecule has 3 nitrogen and oxygen atoms in total. The highest BCUT2D eigenvalue weighted by molar-refractivity contribution is 5.94. The van der Waals surface area contributed by atoms with Gasteiger partial charge in [0.05, 0.1) is 0 Å².